The van der Waals surface area contributed by atoms with Crippen molar-refractivity contribution in [3.8, 4) is 0 Å². The molecule has 0 heterocycles. The smallest absolute Gasteiger partial charge is 0.0300 e. The zero-order chi connectivity index (χ0) is 9.03. The molecule has 0 bridgehead atoms. The highest BCUT2D eigenvalue weighted by molar-refractivity contribution is 6.09. The van der Waals surface area contributed by atoms with Gasteiger partial charge in [-0.15, -0.1) is 0 Å². The molecule has 0 aromatic carbocycles. The minimum atomic E-state index is 0.430. The summed E-state index contributed by atoms with van der Waals surface area (Å²) < 4.78 is 0. The Morgan fingerprint density at radius 1 is 1.42 bits per heavy atom. The maximum Gasteiger partial charge on any atom is 0.0300 e. The van der Waals surface area contributed by atoms with Gasteiger partial charge in [0, 0.05) is 21.8 Å². The fourth-order valence-electron chi connectivity index (χ4n) is 2.56. The van der Waals surface area contributed by atoms with Crippen LogP contribution in [-0.2, 0) is 0 Å². The van der Waals surface area contributed by atoms with Gasteiger partial charge in [0.15, 0.2) is 0 Å². The van der Waals surface area contributed by atoms with Crippen LogP contribution in [0.3, 0.4) is 0 Å². The summed E-state index contributed by atoms with van der Waals surface area (Å²) in [5.41, 5.74) is 0.430. The van der Waals surface area contributed by atoms with E-state index in [2.05, 4.69) is 24.7 Å². The van der Waals surface area contributed by atoms with E-state index in [1.165, 1.54) is 42.0 Å². The topological polar surface area (TPSA) is 24.1 Å². The second kappa shape index (κ2) is 4.39. The lowest BCUT2D eigenvalue weighted by Gasteiger charge is -2.43. The van der Waals surface area contributed by atoms with E-state index in [9.17, 15) is 0 Å². The molecule has 72 valence electrons. The molecule has 1 aliphatic rings. The van der Waals surface area contributed by atoms with Crippen LogP contribution in [0.25, 0.3) is 0 Å². The lowest BCUT2D eigenvalue weighted by atomic mass is 9.79. The number of hydrogen-bond donors (Lipinski definition) is 2. The summed E-state index contributed by atoms with van der Waals surface area (Å²) in [5.74, 6) is 0. The third-order valence-corrected chi connectivity index (χ3v) is 4.77. The lowest BCUT2D eigenvalue weighted by molar-refractivity contribution is 0.206. The maximum absolute atomic E-state index is 3.54. The normalized spacial score (nSPS) is 37.0. The third kappa shape index (κ3) is 1.73. The van der Waals surface area contributed by atoms with Gasteiger partial charge in [0.05, 0.1) is 0 Å². The summed E-state index contributed by atoms with van der Waals surface area (Å²) in [6, 6.07) is 2.07. The van der Waals surface area contributed by atoms with E-state index in [0.29, 0.717) is 11.6 Å². The lowest BCUT2D eigenvalue weighted by Crippen LogP contribution is -2.59. The second-order valence-electron chi connectivity index (χ2n) is 3.85. The predicted molar refractivity (Wildman–Crippen MR) is 57.9 cm³/mol. The average Bonchev–Trinajstić information content (AvgIpc) is 2.17. The molecular weight excluding hydrogens is 164 g/mol. The first-order valence-electron chi connectivity index (χ1n) is 5.15. The van der Waals surface area contributed by atoms with Crippen molar-refractivity contribution in [2.75, 3.05) is 14.1 Å². The van der Waals surface area contributed by atoms with Gasteiger partial charge in [0.2, 0.25) is 0 Å². The predicted octanol–water partition coefficient (Wildman–Crippen LogP) is -0.110. The first-order chi connectivity index (χ1) is 5.79. The van der Waals surface area contributed by atoms with E-state index in [0.717, 1.165) is 0 Å². The molecule has 2 N–H and O–H groups in total. The minimum absolute atomic E-state index is 0.430. The van der Waals surface area contributed by atoms with Crippen LogP contribution in [0.15, 0.2) is 0 Å². The van der Waals surface area contributed by atoms with Gasteiger partial charge >= 0.3 is 0 Å². The van der Waals surface area contributed by atoms with Crippen molar-refractivity contribution in [2.24, 2.45) is 0 Å². The van der Waals surface area contributed by atoms with Gasteiger partial charge in [-0.05, 0) is 33.0 Å². The van der Waals surface area contributed by atoms with Gasteiger partial charge < -0.3 is 10.6 Å². The van der Waals surface area contributed by atoms with Crippen LogP contribution in [0.2, 0.25) is 6.04 Å². The Hall–Kier alpha value is 0.137. The molecule has 1 aliphatic carbocycles. The molecule has 0 aromatic heterocycles. The van der Waals surface area contributed by atoms with Crippen LogP contribution in [-0.4, -0.2) is 35.9 Å². The Morgan fingerprint density at radius 3 is 2.58 bits per heavy atom. The molecule has 1 saturated carbocycles. The largest absolute Gasteiger partial charge is 0.315 e. The average molecular weight is 186 g/mol. The molecule has 1 fully saturated rings. The molecule has 0 radical (unpaired) electrons. The first-order valence-corrected chi connectivity index (χ1v) is 6.56. The summed E-state index contributed by atoms with van der Waals surface area (Å²) in [5, 5.41) is 7.00. The van der Waals surface area contributed by atoms with Crippen molar-refractivity contribution in [1.82, 2.24) is 10.6 Å². The van der Waals surface area contributed by atoms with E-state index in [1.807, 2.05) is 0 Å². The molecule has 2 nitrogen and oxygen atoms in total. The second-order valence-corrected chi connectivity index (χ2v) is 4.55. The van der Waals surface area contributed by atoms with Crippen LogP contribution in [0.1, 0.15) is 25.7 Å². The molecule has 12 heavy (non-hydrogen) atoms. The standard InChI is InChI=1S/C9H22N2Si/c1-10-8-5-3-4-6-9(8,7-12)11-2/h8,10-11H,3-7H2,1-2,12H3. The number of rotatable bonds is 3. The Bertz CT molecular complexity index is 134. The Morgan fingerprint density at radius 2 is 2.17 bits per heavy atom. The minimum Gasteiger partial charge on any atom is -0.315 e. The SMILES string of the molecule is CNC1CCCCC1(C[SiH3])NC. The highest BCUT2D eigenvalue weighted by Gasteiger charge is 2.36. The first kappa shape index (κ1) is 10.2. The molecule has 2 unspecified atom stereocenters. The molecule has 0 aromatic rings. The van der Waals surface area contributed by atoms with Crippen LogP contribution >= 0.6 is 0 Å². The maximum atomic E-state index is 3.54. The molecule has 0 aliphatic heterocycles. The van der Waals surface area contributed by atoms with Gasteiger partial charge in [-0.3, -0.25) is 0 Å². The number of hydrogen-bond acceptors (Lipinski definition) is 2. The van der Waals surface area contributed by atoms with Crippen LogP contribution in [0.4, 0.5) is 0 Å². The van der Waals surface area contributed by atoms with Crippen LogP contribution in [0, 0.1) is 0 Å². The van der Waals surface area contributed by atoms with Gasteiger partial charge in [-0.2, -0.15) is 0 Å². The molecule has 0 saturated heterocycles. The van der Waals surface area contributed by atoms with E-state index < -0.39 is 0 Å². The van der Waals surface area contributed by atoms with Crippen LogP contribution < -0.4 is 10.6 Å². The fraction of sp³-hybridized carbons (Fsp3) is 1.00. The number of nitrogens with one attached hydrogen (secondary N) is 2. The zero-order valence-electron chi connectivity index (χ0n) is 8.61. The molecule has 1 rings (SSSR count). The van der Waals surface area contributed by atoms with Crippen molar-refractivity contribution in [3.63, 3.8) is 0 Å². The van der Waals surface area contributed by atoms with Crippen molar-refractivity contribution < 1.29 is 0 Å². The highest BCUT2D eigenvalue weighted by Crippen LogP contribution is 2.30. The van der Waals surface area contributed by atoms with E-state index in [1.54, 1.807) is 0 Å². The molecule has 0 spiro atoms. The van der Waals surface area contributed by atoms with Crippen molar-refractivity contribution in [3.05, 3.63) is 0 Å². The number of likely N-dealkylation sites (N-methyl/N-ethyl adjacent to an activating group) is 2. The zero-order valence-corrected chi connectivity index (χ0v) is 10.6. The Kier molecular flexibility index (Phi) is 3.74. The quantitative estimate of drug-likeness (QED) is 0.601. The summed E-state index contributed by atoms with van der Waals surface area (Å²) in [6.45, 7) is 0. The Labute approximate surface area is 78.9 Å². The van der Waals surface area contributed by atoms with Crippen LogP contribution in [0.5, 0.6) is 0 Å². The fourth-order valence-corrected chi connectivity index (χ4v) is 3.76. The Balaban J connectivity index is 2.66. The van der Waals surface area contributed by atoms with E-state index >= 15 is 0 Å². The summed E-state index contributed by atoms with van der Waals surface area (Å²) in [7, 11) is 5.52. The van der Waals surface area contributed by atoms with Crippen molar-refractivity contribution >= 4 is 10.2 Å². The van der Waals surface area contributed by atoms with E-state index in [4.69, 9.17) is 0 Å². The monoisotopic (exact) mass is 186 g/mol. The highest BCUT2D eigenvalue weighted by atomic mass is 28.1. The van der Waals surface area contributed by atoms with Crippen molar-refractivity contribution in [1.29, 1.82) is 0 Å². The molecule has 2 atom stereocenters. The summed E-state index contributed by atoms with van der Waals surface area (Å²) in [6.07, 6.45) is 5.51. The third-order valence-electron chi connectivity index (χ3n) is 3.51. The van der Waals surface area contributed by atoms with Gasteiger partial charge in [-0.25, -0.2) is 0 Å². The molecule has 3 heteroatoms. The van der Waals surface area contributed by atoms with Gasteiger partial charge in [0.25, 0.3) is 0 Å². The van der Waals surface area contributed by atoms with E-state index in [-0.39, 0.29) is 0 Å². The molecular formula is C9H22N2Si. The summed E-state index contributed by atoms with van der Waals surface area (Å²) >= 11 is 0. The van der Waals surface area contributed by atoms with Gasteiger partial charge in [-0.1, -0.05) is 12.8 Å². The van der Waals surface area contributed by atoms with Crippen molar-refractivity contribution in [2.45, 2.75) is 43.3 Å². The summed E-state index contributed by atoms with van der Waals surface area (Å²) in [4.78, 5) is 0. The van der Waals surface area contributed by atoms with Gasteiger partial charge in [0.1, 0.15) is 0 Å². The molecule has 0 amide bonds.